The number of aliphatic hydroxyl groups excluding tert-OH is 2. The second-order valence-corrected chi connectivity index (χ2v) is 14.0. The van der Waals surface area contributed by atoms with Gasteiger partial charge in [-0.15, -0.1) is 0 Å². The van der Waals surface area contributed by atoms with Crippen LogP contribution in [0.3, 0.4) is 0 Å². The van der Waals surface area contributed by atoms with E-state index in [0.717, 1.165) is 44.1 Å². The first-order valence-electron chi connectivity index (χ1n) is 13.6. The predicted octanol–water partition coefficient (Wildman–Crippen LogP) is 5.62. The zero-order chi connectivity index (χ0) is 25.0. The van der Waals surface area contributed by atoms with Crippen molar-refractivity contribution in [3.05, 3.63) is 23.3 Å². The van der Waals surface area contributed by atoms with E-state index in [9.17, 15) is 15.0 Å². The topological polar surface area (TPSA) is 66.8 Å². The van der Waals surface area contributed by atoms with Crippen molar-refractivity contribution in [2.24, 2.45) is 39.4 Å². The van der Waals surface area contributed by atoms with Gasteiger partial charge in [-0.25, -0.2) is 0 Å². The van der Waals surface area contributed by atoms with Crippen molar-refractivity contribution in [1.82, 2.24) is 0 Å². The predicted molar refractivity (Wildman–Crippen MR) is 134 cm³/mol. The molecule has 4 aliphatic carbocycles. The summed E-state index contributed by atoms with van der Waals surface area (Å²) in [6.45, 7) is 19.7. The molecule has 190 valence electrons. The minimum absolute atomic E-state index is 0.0143. The fourth-order valence-electron chi connectivity index (χ4n) is 10.1. The Balaban J connectivity index is 1.55. The van der Waals surface area contributed by atoms with E-state index >= 15 is 0 Å². The number of hydrogen-bond acceptors (Lipinski definition) is 4. The molecule has 2 N–H and O–H groups in total. The molecule has 4 fully saturated rings. The van der Waals surface area contributed by atoms with Crippen LogP contribution in [0.1, 0.15) is 93.4 Å². The van der Waals surface area contributed by atoms with Crippen molar-refractivity contribution in [2.45, 2.75) is 118 Å². The molecule has 1 saturated heterocycles. The second kappa shape index (κ2) is 7.52. The third kappa shape index (κ3) is 2.97. The first-order valence-corrected chi connectivity index (χ1v) is 13.6. The fraction of sp³-hybridized carbons (Fsp3) is 0.833. The highest BCUT2D eigenvalue weighted by molar-refractivity contribution is 5.85. The van der Waals surface area contributed by atoms with E-state index in [-0.39, 0.29) is 45.9 Å². The highest BCUT2D eigenvalue weighted by atomic mass is 16.5. The van der Waals surface area contributed by atoms with Crippen molar-refractivity contribution >= 4 is 5.78 Å². The van der Waals surface area contributed by atoms with Gasteiger partial charge < -0.3 is 14.9 Å². The van der Waals surface area contributed by atoms with E-state index in [0.29, 0.717) is 24.0 Å². The first kappa shape index (κ1) is 24.7. The summed E-state index contributed by atoms with van der Waals surface area (Å²) >= 11 is 0. The number of aliphatic hydroxyl groups is 2. The third-order valence-corrected chi connectivity index (χ3v) is 12.0. The van der Waals surface area contributed by atoms with Crippen LogP contribution in [0.4, 0.5) is 0 Å². The molecule has 4 heteroatoms. The summed E-state index contributed by atoms with van der Waals surface area (Å²) in [6.07, 6.45) is 4.85. The summed E-state index contributed by atoms with van der Waals surface area (Å²) in [5.41, 5.74) is 3.16. The molecule has 5 aliphatic rings. The van der Waals surface area contributed by atoms with Gasteiger partial charge in [-0.1, -0.05) is 53.7 Å². The molecule has 1 aliphatic heterocycles. The molecule has 0 aromatic carbocycles. The number of carbonyl (C=O) groups excluding carboxylic acids is 1. The average Bonchev–Trinajstić information content (AvgIpc) is 3.03. The molecule has 0 amide bonds. The van der Waals surface area contributed by atoms with Crippen LogP contribution in [0.25, 0.3) is 0 Å². The molecule has 0 aromatic heterocycles. The number of hydrogen-bond donors (Lipinski definition) is 2. The van der Waals surface area contributed by atoms with Gasteiger partial charge in [0.2, 0.25) is 0 Å². The van der Waals surface area contributed by atoms with Crippen molar-refractivity contribution in [2.75, 3.05) is 0 Å². The van der Waals surface area contributed by atoms with Crippen LogP contribution in [0.2, 0.25) is 0 Å². The van der Waals surface area contributed by atoms with Gasteiger partial charge in [0.05, 0.1) is 18.3 Å². The Morgan fingerprint density at radius 1 is 1.18 bits per heavy atom. The van der Waals surface area contributed by atoms with E-state index in [1.807, 2.05) is 6.92 Å². The van der Waals surface area contributed by atoms with Gasteiger partial charge in [0.25, 0.3) is 0 Å². The van der Waals surface area contributed by atoms with E-state index in [2.05, 4.69) is 48.1 Å². The molecule has 1 heterocycles. The molecular weight excluding hydrogens is 424 g/mol. The maximum atomic E-state index is 12.9. The highest BCUT2D eigenvalue weighted by Gasteiger charge is 2.70. The second-order valence-electron chi connectivity index (χ2n) is 14.0. The number of rotatable bonds is 2. The van der Waals surface area contributed by atoms with Gasteiger partial charge in [0.15, 0.2) is 0 Å². The quantitative estimate of drug-likeness (QED) is 0.514. The number of Topliss-reactive ketones (excluding diaryl/α,β-unsaturated/α-hetero) is 1. The molecule has 10 atom stereocenters. The molecule has 4 nitrogen and oxygen atoms in total. The number of carbonyl (C=O) groups is 1. The van der Waals surface area contributed by atoms with E-state index in [4.69, 9.17) is 4.74 Å². The third-order valence-electron chi connectivity index (χ3n) is 12.0. The summed E-state index contributed by atoms with van der Waals surface area (Å²) in [7, 11) is 0. The molecule has 34 heavy (non-hydrogen) atoms. The Kier molecular flexibility index (Phi) is 5.47. The lowest BCUT2D eigenvalue weighted by molar-refractivity contribution is -0.211. The molecule has 0 unspecified atom stereocenters. The lowest BCUT2D eigenvalue weighted by Gasteiger charge is -2.68. The van der Waals surface area contributed by atoms with Crippen LogP contribution < -0.4 is 0 Å². The van der Waals surface area contributed by atoms with Gasteiger partial charge in [0.1, 0.15) is 11.9 Å². The van der Waals surface area contributed by atoms with Crippen LogP contribution in [0.15, 0.2) is 23.3 Å². The van der Waals surface area contributed by atoms with Crippen LogP contribution in [0.5, 0.6) is 0 Å². The van der Waals surface area contributed by atoms with Gasteiger partial charge in [-0.05, 0) is 90.6 Å². The SMILES string of the molecule is C=C(C)[C@H](O)[C@@H]1C[C@@H](C)C2=C3C[C@H](O)[C@H]4[C@@]5(C)CCC(=O)C(C)(C)[C@@H]5CC[C@]4(C)[C@@]3(C)C[C@@H]2O1. The Labute approximate surface area is 206 Å². The lowest BCUT2D eigenvalue weighted by Crippen LogP contribution is -2.65. The Morgan fingerprint density at radius 3 is 2.50 bits per heavy atom. The van der Waals surface area contributed by atoms with Crippen LogP contribution in [-0.4, -0.2) is 40.4 Å². The summed E-state index contributed by atoms with van der Waals surface area (Å²) in [5, 5.41) is 22.6. The Hall–Kier alpha value is -0.970. The van der Waals surface area contributed by atoms with Crippen molar-refractivity contribution in [1.29, 1.82) is 0 Å². The summed E-state index contributed by atoms with van der Waals surface area (Å²) < 4.78 is 6.60. The molecule has 0 aromatic rings. The molecule has 0 bridgehead atoms. The largest absolute Gasteiger partial charge is 0.392 e. The van der Waals surface area contributed by atoms with Crippen molar-refractivity contribution in [3.8, 4) is 0 Å². The van der Waals surface area contributed by atoms with Crippen LogP contribution in [0, 0.1) is 39.4 Å². The lowest BCUT2D eigenvalue weighted by atomic mass is 9.36. The van der Waals surface area contributed by atoms with Crippen molar-refractivity contribution in [3.63, 3.8) is 0 Å². The normalized spacial score (nSPS) is 50.7. The zero-order valence-electron chi connectivity index (χ0n) is 22.4. The molecule has 5 rings (SSSR count). The summed E-state index contributed by atoms with van der Waals surface area (Å²) in [4.78, 5) is 12.9. The highest BCUT2D eigenvalue weighted by Crippen LogP contribution is 2.74. The minimum Gasteiger partial charge on any atom is -0.392 e. The smallest absolute Gasteiger partial charge is 0.138 e. The number of fused-ring (bicyclic) bond motifs is 6. The van der Waals surface area contributed by atoms with E-state index in [1.165, 1.54) is 11.1 Å². The Bertz CT molecular complexity index is 947. The maximum absolute atomic E-state index is 12.9. The van der Waals surface area contributed by atoms with Gasteiger partial charge in [0, 0.05) is 11.8 Å². The fourth-order valence-corrected chi connectivity index (χ4v) is 10.1. The van der Waals surface area contributed by atoms with E-state index < -0.39 is 6.10 Å². The first-order chi connectivity index (χ1) is 15.7. The van der Waals surface area contributed by atoms with Gasteiger partial charge in [-0.2, -0.15) is 0 Å². The summed E-state index contributed by atoms with van der Waals surface area (Å²) in [6, 6.07) is 0. The standard InChI is InChI=1S/C30H46O4/c1-16(2)25(33)20-13-17(3)24-18-14-19(31)26-28(6)11-10-23(32)27(4,5)22(28)9-12-29(26,7)30(18,8)15-21(24)34-20/h17,19-22,25-26,31,33H,1,9-15H2,2-8H3/t17-,19+,20+,21+,22+,25+,26+,28+,29+,30+/m1/s1. The Morgan fingerprint density at radius 2 is 1.85 bits per heavy atom. The molecule has 3 saturated carbocycles. The average molecular weight is 471 g/mol. The zero-order valence-corrected chi connectivity index (χ0v) is 22.4. The van der Waals surface area contributed by atoms with Crippen LogP contribution >= 0.6 is 0 Å². The molecule has 0 radical (unpaired) electrons. The monoisotopic (exact) mass is 470 g/mol. The minimum atomic E-state index is -0.630. The van der Waals surface area contributed by atoms with Crippen LogP contribution in [-0.2, 0) is 9.53 Å². The number of ether oxygens (including phenoxy) is 1. The summed E-state index contributed by atoms with van der Waals surface area (Å²) in [5.74, 6) is 1.22. The molecular formula is C30H46O4. The van der Waals surface area contributed by atoms with Crippen molar-refractivity contribution < 1.29 is 19.7 Å². The van der Waals surface area contributed by atoms with E-state index in [1.54, 1.807) is 0 Å². The van der Waals surface area contributed by atoms with Gasteiger partial charge in [-0.3, -0.25) is 4.79 Å². The molecule has 0 spiro atoms. The van der Waals surface area contributed by atoms with Gasteiger partial charge >= 0.3 is 0 Å². The number of ketones is 1. The maximum Gasteiger partial charge on any atom is 0.138 e.